The minimum absolute atomic E-state index is 0.0606. The van der Waals surface area contributed by atoms with Crippen molar-refractivity contribution >= 4 is 39.2 Å². The molecule has 1 amide bonds. The van der Waals surface area contributed by atoms with Crippen LogP contribution in [-0.4, -0.2) is 120 Å². The van der Waals surface area contributed by atoms with Crippen LogP contribution in [0.4, 0.5) is 0 Å². The van der Waals surface area contributed by atoms with Crippen molar-refractivity contribution in [1.82, 2.24) is 10.6 Å². The number of nitrogens with zero attached hydrogens (tertiary/aromatic N) is 1. The number of Topliss-reactive ketones (excluding diaryl/α,β-unsaturated/α-hetero) is 1. The number of nitrogens with two attached hydrogens (primary N) is 3. The minimum atomic E-state index is -2.21. The van der Waals surface area contributed by atoms with E-state index < -0.39 is 83.0 Å². The quantitative estimate of drug-likeness (QED) is 0.0346. The Bertz CT molecular complexity index is 3100. The SMILES string of the molecule is C=C1/C=C/C=C(\[C@H]2CC[C@@]3([C@@H]4CC[C@H](O)Cc5cccc(c5)C[C@H]([C@H](CN=C(N)N)c5ccc(O)cc5)[C@H](O)CN[C@H]5C(=O)N[C@@H](N)c6cccc(c65)CC(=O)/C(C)=C/4CC[C@@]3(C)O)[C@@H]2O)CO[C@H]2C#CC/C(=C\CC1(O)O)CCSSC2. The third kappa shape index (κ3) is 14.1. The highest BCUT2D eigenvalue weighted by Crippen LogP contribution is 2.63. The molecule has 9 rings (SSSR count). The number of aromatic hydroxyl groups is 1. The molecule has 6 aliphatic rings. The van der Waals surface area contributed by atoms with Crippen LogP contribution in [0.15, 0.2) is 130 Å². The standard InChI is InChI=1S/C65H82N6O10S2/c1-38-8-4-13-45(36-81-48-14-6-9-40(22-28-65(38,79)80)25-29-82-83-37-48)50-24-27-64(59(50)76)54-21-20-47(73)31-41-10-5-11-42(30-41)32-52(53(34-70-62(67)68)43-16-18-46(72)19-17-43)56(75)35-69-58-57-44(12-7-15-51(57)60(66)71-61(58)77)33-55(74)39(2)49(54)23-26-63(64,3)78/h4-5,7-8,10-13,15-19,22,30,47-48,50,52-54,56,58-60,69,72-73,75-76,78-80H,1,9,20-21,23-29,31-37,66H2,2-3H3,(H,71,77)(H4,67,68,70)/b8-4+,40-22+,45-13-,49-39+/t47-,48-,50+,52+,53+,54+,56+,58+,59+,60+,63+,64+/m0/s1. The highest BCUT2D eigenvalue weighted by atomic mass is 33.1. The fourth-order valence-electron chi connectivity index (χ4n) is 13.9. The van der Waals surface area contributed by atoms with E-state index in [0.717, 1.165) is 45.6 Å². The molecule has 83 heavy (non-hydrogen) atoms. The Hall–Kier alpha value is -5.53. The Labute approximate surface area is 495 Å². The number of fused-ring (bicyclic) bond motifs is 7. The lowest BCUT2D eigenvalue weighted by Crippen LogP contribution is -2.59. The van der Waals surface area contributed by atoms with Crippen molar-refractivity contribution in [3.63, 3.8) is 0 Å². The summed E-state index contributed by atoms with van der Waals surface area (Å²) in [5, 5.41) is 89.9. The molecule has 0 radical (unpaired) electrons. The number of carbonyl (C=O) groups excluding carboxylic acids is 2. The zero-order valence-corrected chi connectivity index (χ0v) is 49.1. The topological polar surface area (TPSA) is 299 Å². The van der Waals surface area contributed by atoms with Gasteiger partial charge in [0.25, 0.3) is 0 Å². The zero-order chi connectivity index (χ0) is 59.2. The molecule has 3 aromatic rings. The molecule has 12 atom stereocenters. The van der Waals surface area contributed by atoms with Gasteiger partial charge in [0, 0.05) is 66.7 Å². The summed E-state index contributed by atoms with van der Waals surface area (Å²) in [7, 11) is 3.38. The third-order valence-corrected chi connectivity index (χ3v) is 20.9. The number of aliphatic hydroxyl groups is 6. The van der Waals surface area contributed by atoms with Crippen LogP contribution < -0.4 is 27.8 Å². The van der Waals surface area contributed by atoms with Gasteiger partial charge in [-0.15, -0.1) is 0 Å². The molecule has 4 aliphatic heterocycles. The number of aliphatic hydroxyl groups excluding tert-OH is 3. The molecular formula is C65H82N6O10S2. The lowest BCUT2D eigenvalue weighted by Gasteiger charge is -2.56. The fraction of sp³-hybridized carbons (Fsp3) is 0.492. The van der Waals surface area contributed by atoms with Gasteiger partial charge in [0.05, 0.1) is 30.5 Å². The molecule has 444 valence electrons. The van der Waals surface area contributed by atoms with Crippen molar-refractivity contribution in [2.24, 2.45) is 45.4 Å². The van der Waals surface area contributed by atoms with E-state index in [1.165, 1.54) is 0 Å². The average Bonchev–Trinajstić information content (AvgIpc) is 1.95. The summed E-state index contributed by atoms with van der Waals surface area (Å²) in [6, 6.07) is 19.0. The lowest BCUT2D eigenvalue weighted by atomic mass is 9.52. The number of ketones is 1. The van der Waals surface area contributed by atoms with E-state index >= 15 is 4.79 Å². The number of ether oxygens (including phenoxy) is 1. The van der Waals surface area contributed by atoms with Crippen LogP contribution in [0.5, 0.6) is 5.75 Å². The summed E-state index contributed by atoms with van der Waals surface area (Å²) in [6.07, 6.45) is 6.14. The molecule has 2 aliphatic carbocycles. The van der Waals surface area contributed by atoms with Crippen molar-refractivity contribution in [3.8, 4) is 17.6 Å². The Kier molecular flexibility index (Phi) is 20.0. The number of hydrogen-bond acceptors (Lipinski definition) is 15. The van der Waals surface area contributed by atoms with Gasteiger partial charge in [-0.3, -0.25) is 19.9 Å². The van der Waals surface area contributed by atoms with Gasteiger partial charge in [-0.05, 0) is 140 Å². The van der Waals surface area contributed by atoms with E-state index in [1.807, 2.05) is 61.5 Å². The van der Waals surface area contributed by atoms with Crippen LogP contribution >= 0.6 is 21.6 Å². The Morgan fingerprint density at radius 2 is 1.72 bits per heavy atom. The predicted molar refractivity (Wildman–Crippen MR) is 326 cm³/mol. The van der Waals surface area contributed by atoms with Gasteiger partial charge >= 0.3 is 0 Å². The second-order valence-electron chi connectivity index (χ2n) is 23.8. The molecule has 1 spiro atoms. The zero-order valence-electron chi connectivity index (χ0n) is 47.5. The summed E-state index contributed by atoms with van der Waals surface area (Å²) < 4.78 is 6.64. The number of amides is 1. The fourth-order valence-corrected chi connectivity index (χ4v) is 16.0. The van der Waals surface area contributed by atoms with Crippen molar-refractivity contribution in [3.05, 3.63) is 159 Å². The van der Waals surface area contributed by atoms with Crippen LogP contribution in [0, 0.1) is 35.0 Å². The van der Waals surface area contributed by atoms with Gasteiger partial charge in [0.2, 0.25) is 5.91 Å². The lowest BCUT2D eigenvalue weighted by molar-refractivity contribution is -0.168. The van der Waals surface area contributed by atoms with Crippen molar-refractivity contribution < 1.29 is 50.1 Å². The molecule has 0 unspecified atom stereocenters. The number of allylic oxidation sites excluding steroid dienone is 5. The summed E-state index contributed by atoms with van der Waals surface area (Å²) in [5.41, 5.74) is 23.1. The summed E-state index contributed by atoms with van der Waals surface area (Å²) >= 11 is 0. The number of phenols is 1. The van der Waals surface area contributed by atoms with Gasteiger partial charge in [0.15, 0.2) is 17.5 Å². The molecule has 3 aromatic carbocycles. The van der Waals surface area contributed by atoms with Gasteiger partial charge < -0.3 is 63.0 Å². The molecule has 2 fully saturated rings. The molecule has 18 heteroatoms. The van der Waals surface area contributed by atoms with Crippen LogP contribution in [0.1, 0.15) is 123 Å². The van der Waals surface area contributed by atoms with Crippen molar-refractivity contribution in [2.75, 3.05) is 31.2 Å². The second kappa shape index (κ2) is 26.8. The highest BCUT2D eigenvalue weighted by molar-refractivity contribution is 8.76. The number of rotatable bonds is 5. The number of carbonyl (C=O) groups is 2. The molecule has 0 saturated heterocycles. The van der Waals surface area contributed by atoms with Crippen LogP contribution in [0.2, 0.25) is 0 Å². The first kappa shape index (κ1) is 62.0. The first-order chi connectivity index (χ1) is 39.6. The number of β-amino-alcohol motifs (C(OH)–C–C–N with tert-alkyl or cyclic N) is 1. The predicted octanol–water partition coefficient (Wildman–Crippen LogP) is 6.04. The maximum absolute atomic E-state index is 15.2. The van der Waals surface area contributed by atoms with E-state index in [-0.39, 0.29) is 74.9 Å². The maximum Gasteiger partial charge on any atom is 0.243 e. The number of hydrogen-bond donors (Lipinski definition) is 12. The molecular weight excluding hydrogens is 1090 g/mol. The third-order valence-electron chi connectivity index (χ3n) is 18.5. The average molecular weight is 1170 g/mol. The summed E-state index contributed by atoms with van der Waals surface area (Å²) in [4.78, 5) is 33.9. The van der Waals surface area contributed by atoms with Crippen molar-refractivity contribution in [1.29, 1.82) is 0 Å². The molecule has 16 nitrogen and oxygen atoms in total. The molecule has 0 aromatic heterocycles. The molecule has 15 N–H and O–H groups in total. The number of benzene rings is 3. The summed E-state index contributed by atoms with van der Waals surface area (Å²) in [6.45, 7) is 7.74. The normalized spacial score (nSPS) is 34.1. The molecule has 4 heterocycles. The van der Waals surface area contributed by atoms with E-state index in [9.17, 15) is 40.5 Å². The first-order valence-electron chi connectivity index (χ1n) is 29.0. The smallest absolute Gasteiger partial charge is 0.243 e. The Balaban J connectivity index is 1.12. The minimum Gasteiger partial charge on any atom is -0.508 e. The van der Waals surface area contributed by atoms with E-state index in [0.29, 0.717) is 66.5 Å². The van der Waals surface area contributed by atoms with E-state index in [4.69, 9.17) is 21.9 Å². The molecule has 2 saturated carbocycles. The first-order valence-corrected chi connectivity index (χ1v) is 31.5. The van der Waals surface area contributed by atoms with Gasteiger partial charge in [0.1, 0.15) is 24.1 Å². The number of phenolic OH excluding ortho intramolecular Hbond substituents is 1. The van der Waals surface area contributed by atoms with Gasteiger partial charge in [-0.1, -0.05) is 130 Å². The van der Waals surface area contributed by atoms with Crippen molar-refractivity contribution in [2.45, 2.75) is 145 Å². The Morgan fingerprint density at radius 3 is 2.49 bits per heavy atom. The number of guanidine groups is 1. The van der Waals surface area contributed by atoms with Crippen LogP contribution in [-0.2, 0) is 33.6 Å². The van der Waals surface area contributed by atoms with Gasteiger partial charge in [-0.2, -0.15) is 0 Å². The monoisotopic (exact) mass is 1170 g/mol. The Morgan fingerprint density at radius 1 is 0.964 bits per heavy atom. The number of aliphatic imine (C=N–C) groups is 1. The second-order valence-corrected chi connectivity index (χ2v) is 26.4. The largest absolute Gasteiger partial charge is 0.508 e. The van der Waals surface area contributed by atoms with Gasteiger partial charge in [-0.25, -0.2) is 0 Å². The number of nitrogens with one attached hydrogen (secondary N) is 2. The highest BCUT2D eigenvalue weighted by Gasteiger charge is 2.64. The van der Waals surface area contributed by atoms with E-state index in [2.05, 4.69) is 34.0 Å². The molecule has 4 bridgehead atoms. The van der Waals surface area contributed by atoms with Crippen LogP contribution in [0.3, 0.4) is 0 Å². The van der Waals surface area contributed by atoms with Crippen LogP contribution in [0.25, 0.3) is 0 Å². The summed E-state index contributed by atoms with van der Waals surface area (Å²) in [5.74, 6) is 2.94. The van der Waals surface area contributed by atoms with E-state index in [1.54, 1.807) is 64.9 Å². The maximum atomic E-state index is 15.2.